The third-order valence-electron chi connectivity index (χ3n) is 5.19. The minimum absolute atomic E-state index is 0.0712. The smallest absolute Gasteiger partial charge is 0.126 e. The number of rotatable bonds is 4. The van der Waals surface area contributed by atoms with E-state index in [1.165, 1.54) is 25.7 Å². The number of nitrogens with zero attached hydrogens (tertiary/aromatic N) is 1. The predicted molar refractivity (Wildman–Crippen MR) is 80.3 cm³/mol. The van der Waals surface area contributed by atoms with Gasteiger partial charge in [-0.3, -0.25) is 0 Å². The molecule has 110 valence electrons. The minimum atomic E-state index is -0.0712. The number of piperidine rings is 1. The summed E-state index contributed by atoms with van der Waals surface area (Å²) in [5.74, 6) is -0.0712. The first-order chi connectivity index (χ1) is 9.63. The zero-order chi connectivity index (χ0) is 14.1. The van der Waals surface area contributed by atoms with Crippen molar-refractivity contribution in [1.29, 1.82) is 0 Å². The lowest BCUT2D eigenvalue weighted by molar-refractivity contribution is 0.131. The Kier molecular flexibility index (Phi) is 4.08. The van der Waals surface area contributed by atoms with Crippen molar-refractivity contribution in [3.63, 3.8) is 0 Å². The molecule has 0 saturated carbocycles. The lowest BCUT2D eigenvalue weighted by Gasteiger charge is -2.39. The van der Waals surface area contributed by atoms with Crippen molar-refractivity contribution in [2.24, 2.45) is 0 Å². The molecule has 2 fully saturated rings. The third kappa shape index (κ3) is 2.89. The molecule has 1 aromatic rings. The van der Waals surface area contributed by atoms with Crippen LogP contribution in [0.15, 0.2) is 24.3 Å². The van der Waals surface area contributed by atoms with Gasteiger partial charge < -0.3 is 10.2 Å². The van der Waals surface area contributed by atoms with E-state index in [0.717, 1.165) is 12.0 Å². The number of hydrogen-bond donors (Lipinski definition) is 1. The highest BCUT2D eigenvalue weighted by atomic mass is 19.1. The molecule has 0 radical (unpaired) electrons. The fraction of sp³-hybridized carbons (Fsp3) is 0.647. The van der Waals surface area contributed by atoms with Crippen molar-refractivity contribution >= 4 is 0 Å². The fourth-order valence-corrected chi connectivity index (χ4v) is 3.85. The maximum atomic E-state index is 13.8. The Balaban J connectivity index is 1.62. The second-order valence-electron chi connectivity index (χ2n) is 6.57. The van der Waals surface area contributed by atoms with Crippen molar-refractivity contribution in [1.82, 2.24) is 10.2 Å². The van der Waals surface area contributed by atoms with Gasteiger partial charge in [0.25, 0.3) is 0 Å². The van der Waals surface area contributed by atoms with Crippen LogP contribution in [-0.2, 0) is 6.42 Å². The quantitative estimate of drug-likeness (QED) is 0.909. The van der Waals surface area contributed by atoms with Crippen LogP contribution in [0.3, 0.4) is 0 Å². The highest BCUT2D eigenvalue weighted by Gasteiger charge is 2.36. The second kappa shape index (κ2) is 5.82. The average molecular weight is 276 g/mol. The molecule has 0 amide bonds. The SMILES string of the molecule is CC(Cc1ccccc1F)N(C)C1CC2CCC(C1)N2. The lowest BCUT2D eigenvalue weighted by atomic mass is 9.96. The van der Waals surface area contributed by atoms with Crippen molar-refractivity contribution in [2.75, 3.05) is 7.05 Å². The Morgan fingerprint density at radius 1 is 1.25 bits per heavy atom. The van der Waals surface area contributed by atoms with Gasteiger partial charge in [-0.15, -0.1) is 0 Å². The zero-order valence-electron chi connectivity index (χ0n) is 12.5. The Morgan fingerprint density at radius 3 is 2.55 bits per heavy atom. The van der Waals surface area contributed by atoms with Crippen LogP contribution in [0.5, 0.6) is 0 Å². The van der Waals surface area contributed by atoms with Crippen LogP contribution in [0.1, 0.15) is 38.2 Å². The molecule has 3 heteroatoms. The minimum Gasteiger partial charge on any atom is -0.311 e. The summed E-state index contributed by atoms with van der Waals surface area (Å²) in [6.07, 6.45) is 5.94. The van der Waals surface area contributed by atoms with Crippen LogP contribution in [-0.4, -0.2) is 36.1 Å². The van der Waals surface area contributed by atoms with Gasteiger partial charge in [-0.05, 0) is 57.7 Å². The van der Waals surface area contributed by atoms with E-state index in [1.54, 1.807) is 12.1 Å². The summed E-state index contributed by atoms with van der Waals surface area (Å²) in [6, 6.07) is 9.61. The van der Waals surface area contributed by atoms with Crippen molar-refractivity contribution in [3.05, 3.63) is 35.6 Å². The van der Waals surface area contributed by atoms with Gasteiger partial charge in [0.2, 0.25) is 0 Å². The zero-order valence-corrected chi connectivity index (χ0v) is 12.5. The molecule has 0 aliphatic carbocycles. The molecular weight excluding hydrogens is 251 g/mol. The summed E-state index contributed by atoms with van der Waals surface area (Å²) in [5, 5.41) is 3.69. The average Bonchev–Trinajstić information content (AvgIpc) is 2.79. The van der Waals surface area contributed by atoms with Gasteiger partial charge in [-0.1, -0.05) is 18.2 Å². The molecule has 3 atom stereocenters. The molecule has 2 heterocycles. The van der Waals surface area contributed by atoms with Crippen LogP contribution in [0.2, 0.25) is 0 Å². The van der Waals surface area contributed by atoms with Gasteiger partial charge in [-0.2, -0.15) is 0 Å². The van der Waals surface area contributed by atoms with E-state index in [4.69, 9.17) is 0 Å². The maximum Gasteiger partial charge on any atom is 0.126 e. The van der Waals surface area contributed by atoms with Gasteiger partial charge in [0.15, 0.2) is 0 Å². The normalized spacial score (nSPS) is 30.7. The van der Waals surface area contributed by atoms with Crippen LogP contribution in [0.4, 0.5) is 4.39 Å². The summed E-state index contributed by atoms with van der Waals surface area (Å²) in [5.41, 5.74) is 0.837. The van der Waals surface area contributed by atoms with E-state index in [-0.39, 0.29) is 5.82 Å². The van der Waals surface area contributed by atoms with Crippen LogP contribution in [0.25, 0.3) is 0 Å². The highest BCUT2D eigenvalue weighted by Crippen LogP contribution is 2.30. The van der Waals surface area contributed by atoms with Crippen molar-refractivity contribution in [3.8, 4) is 0 Å². The number of hydrogen-bond acceptors (Lipinski definition) is 2. The van der Waals surface area contributed by atoms with E-state index in [9.17, 15) is 4.39 Å². The molecule has 2 bridgehead atoms. The molecule has 2 aliphatic heterocycles. The number of nitrogens with one attached hydrogen (secondary N) is 1. The summed E-state index contributed by atoms with van der Waals surface area (Å²) >= 11 is 0. The van der Waals surface area contributed by atoms with Crippen molar-refractivity contribution in [2.45, 2.75) is 63.2 Å². The molecule has 3 unspecified atom stereocenters. The lowest BCUT2D eigenvalue weighted by Crippen LogP contribution is -2.49. The molecule has 1 aromatic carbocycles. The summed E-state index contributed by atoms with van der Waals surface area (Å²) in [6.45, 7) is 2.22. The Morgan fingerprint density at radius 2 is 1.90 bits per heavy atom. The molecule has 2 saturated heterocycles. The van der Waals surface area contributed by atoms with E-state index in [0.29, 0.717) is 24.2 Å². The molecule has 0 spiro atoms. The fourth-order valence-electron chi connectivity index (χ4n) is 3.85. The first-order valence-electron chi connectivity index (χ1n) is 7.85. The summed E-state index contributed by atoms with van der Waals surface area (Å²) in [4.78, 5) is 2.47. The largest absolute Gasteiger partial charge is 0.311 e. The predicted octanol–water partition coefficient (Wildman–Crippen LogP) is 2.97. The number of halogens is 1. The van der Waals surface area contributed by atoms with Gasteiger partial charge in [0.1, 0.15) is 5.82 Å². The van der Waals surface area contributed by atoms with E-state index in [2.05, 4.69) is 24.2 Å². The molecule has 20 heavy (non-hydrogen) atoms. The Hall–Kier alpha value is -0.930. The van der Waals surface area contributed by atoms with Gasteiger partial charge in [0, 0.05) is 24.2 Å². The van der Waals surface area contributed by atoms with Crippen LogP contribution < -0.4 is 5.32 Å². The molecule has 3 rings (SSSR count). The van der Waals surface area contributed by atoms with Gasteiger partial charge in [0.05, 0.1) is 0 Å². The van der Waals surface area contributed by atoms with E-state index in [1.807, 2.05) is 12.1 Å². The Bertz CT molecular complexity index is 450. The van der Waals surface area contributed by atoms with Crippen LogP contribution in [0, 0.1) is 5.82 Å². The molecule has 0 aromatic heterocycles. The molecule has 2 aliphatic rings. The standard InChI is InChI=1S/C17H25FN2/c1-12(9-13-5-3-4-6-17(13)18)20(2)16-10-14-7-8-15(11-16)19-14/h3-6,12,14-16,19H,7-11H2,1-2H3. The second-order valence-corrected chi connectivity index (χ2v) is 6.57. The van der Waals surface area contributed by atoms with Gasteiger partial charge >= 0.3 is 0 Å². The number of likely N-dealkylation sites (N-methyl/N-ethyl adjacent to an activating group) is 1. The maximum absolute atomic E-state index is 13.8. The number of fused-ring (bicyclic) bond motifs is 2. The first-order valence-corrected chi connectivity index (χ1v) is 7.85. The molecule has 2 nitrogen and oxygen atoms in total. The Labute approximate surface area is 121 Å². The highest BCUT2D eigenvalue weighted by molar-refractivity contribution is 5.18. The topological polar surface area (TPSA) is 15.3 Å². The van der Waals surface area contributed by atoms with Crippen molar-refractivity contribution < 1.29 is 4.39 Å². The molecule has 1 N–H and O–H groups in total. The van der Waals surface area contributed by atoms with Gasteiger partial charge in [-0.25, -0.2) is 4.39 Å². The monoisotopic (exact) mass is 276 g/mol. The summed E-state index contributed by atoms with van der Waals surface area (Å²) in [7, 11) is 2.21. The third-order valence-corrected chi connectivity index (χ3v) is 5.19. The van der Waals surface area contributed by atoms with E-state index >= 15 is 0 Å². The van der Waals surface area contributed by atoms with Crippen LogP contribution >= 0.6 is 0 Å². The van der Waals surface area contributed by atoms with E-state index < -0.39 is 0 Å². The molecular formula is C17H25FN2. The summed E-state index contributed by atoms with van der Waals surface area (Å²) < 4.78 is 13.8. The first kappa shape index (κ1) is 14.0. The number of benzene rings is 1.